The summed E-state index contributed by atoms with van der Waals surface area (Å²) in [6.45, 7) is 4.65. The van der Waals surface area contributed by atoms with Gasteiger partial charge in [0.25, 0.3) is 0 Å². The number of hydrogen-bond donors (Lipinski definition) is 1. The van der Waals surface area contributed by atoms with Crippen molar-refractivity contribution in [3.05, 3.63) is 55.7 Å². The summed E-state index contributed by atoms with van der Waals surface area (Å²) >= 11 is 5.44. The quantitative estimate of drug-likeness (QED) is 0.859. The molecule has 4 heteroatoms. The van der Waals surface area contributed by atoms with Crippen LogP contribution in [0.1, 0.15) is 34.5 Å². The van der Waals surface area contributed by atoms with Gasteiger partial charge in [0.1, 0.15) is 0 Å². The molecule has 2 heterocycles. The molecule has 2 aromatic rings. The molecule has 3 rings (SSSR count). The van der Waals surface area contributed by atoms with Crippen molar-refractivity contribution in [2.24, 2.45) is 0 Å². The van der Waals surface area contributed by atoms with Gasteiger partial charge in [-0.15, -0.1) is 11.3 Å². The summed E-state index contributed by atoms with van der Waals surface area (Å²) in [5.74, 6) is 0. The first kappa shape index (κ1) is 14.3. The maximum absolute atomic E-state index is 5.51. The molecule has 1 aliphatic heterocycles. The Hall–Kier alpha value is -0.680. The van der Waals surface area contributed by atoms with Crippen LogP contribution in [0.5, 0.6) is 0 Å². The van der Waals surface area contributed by atoms with E-state index in [1.54, 1.807) is 0 Å². The van der Waals surface area contributed by atoms with E-state index in [-0.39, 0.29) is 0 Å². The summed E-state index contributed by atoms with van der Waals surface area (Å²) in [4.78, 5) is 1.40. The average molecular weight is 352 g/mol. The number of likely N-dealkylation sites (N-methyl/N-ethyl adjacent to an activating group) is 1. The van der Waals surface area contributed by atoms with E-state index < -0.39 is 0 Å². The maximum Gasteiger partial charge on any atom is 0.0725 e. The Bertz CT molecular complexity index is 596. The van der Waals surface area contributed by atoms with Gasteiger partial charge in [0.15, 0.2) is 0 Å². The van der Waals surface area contributed by atoms with Crippen molar-refractivity contribution < 1.29 is 4.74 Å². The van der Waals surface area contributed by atoms with Gasteiger partial charge in [-0.1, -0.05) is 25.1 Å². The summed E-state index contributed by atoms with van der Waals surface area (Å²) in [5, 5.41) is 5.74. The standard InChI is InChI=1S/C16H18BrNOS/c1-2-18-15(8-16-14(17)5-6-20-16)11-3-4-12-9-19-10-13(12)7-11/h3-7,15,18H,2,8-10H2,1H3. The summed E-state index contributed by atoms with van der Waals surface area (Å²) < 4.78 is 6.73. The van der Waals surface area contributed by atoms with Crippen molar-refractivity contribution in [3.63, 3.8) is 0 Å². The SMILES string of the molecule is CCNC(Cc1sccc1Br)c1ccc2c(c1)COC2. The first-order valence-corrected chi connectivity index (χ1v) is 8.60. The third-order valence-electron chi connectivity index (χ3n) is 3.68. The first-order valence-electron chi connectivity index (χ1n) is 6.92. The smallest absolute Gasteiger partial charge is 0.0725 e. The van der Waals surface area contributed by atoms with Crippen LogP contribution in [0.25, 0.3) is 0 Å². The molecule has 0 aliphatic carbocycles. The largest absolute Gasteiger partial charge is 0.372 e. The number of thiophene rings is 1. The number of hydrogen-bond acceptors (Lipinski definition) is 3. The van der Waals surface area contributed by atoms with Crippen LogP contribution in [0.3, 0.4) is 0 Å². The lowest BCUT2D eigenvalue weighted by Crippen LogP contribution is -2.23. The van der Waals surface area contributed by atoms with Crippen LogP contribution in [-0.4, -0.2) is 6.54 Å². The van der Waals surface area contributed by atoms with E-state index in [0.717, 1.165) is 26.2 Å². The Morgan fingerprint density at radius 3 is 2.90 bits per heavy atom. The Labute approximate surface area is 132 Å². The molecule has 0 saturated heterocycles. The Kier molecular flexibility index (Phi) is 4.56. The second kappa shape index (κ2) is 6.39. The summed E-state index contributed by atoms with van der Waals surface area (Å²) in [6, 6.07) is 9.24. The Morgan fingerprint density at radius 1 is 1.30 bits per heavy atom. The van der Waals surface area contributed by atoms with E-state index in [1.807, 2.05) is 11.3 Å². The predicted molar refractivity (Wildman–Crippen MR) is 87.1 cm³/mol. The number of benzene rings is 1. The van der Waals surface area contributed by atoms with Gasteiger partial charge < -0.3 is 10.1 Å². The van der Waals surface area contributed by atoms with Crippen LogP contribution in [0.4, 0.5) is 0 Å². The molecule has 0 fully saturated rings. The van der Waals surface area contributed by atoms with Crippen molar-refractivity contribution in [1.82, 2.24) is 5.32 Å². The van der Waals surface area contributed by atoms with E-state index in [2.05, 4.69) is 57.8 Å². The number of fused-ring (bicyclic) bond motifs is 1. The van der Waals surface area contributed by atoms with Crippen LogP contribution < -0.4 is 5.32 Å². The second-order valence-electron chi connectivity index (χ2n) is 5.03. The molecule has 20 heavy (non-hydrogen) atoms. The topological polar surface area (TPSA) is 21.3 Å². The fourth-order valence-electron chi connectivity index (χ4n) is 2.62. The van der Waals surface area contributed by atoms with Crippen molar-refractivity contribution >= 4 is 27.3 Å². The molecule has 2 nitrogen and oxygen atoms in total. The van der Waals surface area contributed by atoms with Crippen molar-refractivity contribution in [2.75, 3.05) is 6.54 Å². The van der Waals surface area contributed by atoms with Gasteiger partial charge in [0, 0.05) is 21.8 Å². The van der Waals surface area contributed by atoms with Gasteiger partial charge in [-0.25, -0.2) is 0 Å². The molecule has 0 radical (unpaired) electrons. The number of nitrogens with one attached hydrogen (secondary N) is 1. The van der Waals surface area contributed by atoms with Crippen LogP contribution in [0.2, 0.25) is 0 Å². The van der Waals surface area contributed by atoms with E-state index in [4.69, 9.17) is 4.74 Å². The number of rotatable bonds is 5. The molecule has 0 amide bonds. The summed E-state index contributed by atoms with van der Waals surface area (Å²) in [5.41, 5.74) is 4.04. The highest BCUT2D eigenvalue weighted by atomic mass is 79.9. The lowest BCUT2D eigenvalue weighted by atomic mass is 9.98. The number of ether oxygens (including phenoxy) is 1. The Balaban J connectivity index is 1.84. The van der Waals surface area contributed by atoms with E-state index in [9.17, 15) is 0 Å². The molecule has 0 spiro atoms. The zero-order valence-corrected chi connectivity index (χ0v) is 13.9. The monoisotopic (exact) mass is 351 g/mol. The van der Waals surface area contributed by atoms with Crippen LogP contribution in [-0.2, 0) is 24.4 Å². The molecular weight excluding hydrogens is 334 g/mol. The number of halogens is 1. The predicted octanol–water partition coefficient (Wildman–Crippen LogP) is 4.43. The summed E-state index contributed by atoms with van der Waals surface area (Å²) in [6.07, 6.45) is 1.02. The fraction of sp³-hybridized carbons (Fsp3) is 0.375. The van der Waals surface area contributed by atoms with Crippen LogP contribution in [0.15, 0.2) is 34.1 Å². The molecule has 106 valence electrons. The highest BCUT2D eigenvalue weighted by Gasteiger charge is 2.17. The van der Waals surface area contributed by atoms with Crippen LogP contribution in [0, 0.1) is 0 Å². The minimum Gasteiger partial charge on any atom is -0.372 e. The zero-order valence-electron chi connectivity index (χ0n) is 11.5. The third kappa shape index (κ3) is 2.98. The molecule has 1 aliphatic rings. The van der Waals surface area contributed by atoms with E-state index >= 15 is 0 Å². The van der Waals surface area contributed by atoms with Gasteiger partial charge in [-0.05, 0) is 50.6 Å². The molecule has 1 N–H and O–H groups in total. The molecule has 1 unspecified atom stereocenters. The lowest BCUT2D eigenvalue weighted by Gasteiger charge is -2.19. The molecule has 1 aromatic heterocycles. The fourth-order valence-corrected chi connectivity index (χ4v) is 4.18. The van der Waals surface area contributed by atoms with Crippen molar-refractivity contribution in [2.45, 2.75) is 32.6 Å². The van der Waals surface area contributed by atoms with Gasteiger partial charge >= 0.3 is 0 Å². The highest BCUT2D eigenvalue weighted by Crippen LogP contribution is 2.30. The zero-order chi connectivity index (χ0) is 13.9. The maximum atomic E-state index is 5.51. The average Bonchev–Trinajstić information content (AvgIpc) is 3.06. The minimum absolute atomic E-state index is 0.362. The molecule has 1 aromatic carbocycles. The molecular formula is C16H18BrNOS. The molecule has 1 atom stereocenters. The highest BCUT2D eigenvalue weighted by molar-refractivity contribution is 9.10. The third-order valence-corrected chi connectivity index (χ3v) is 5.63. The van der Waals surface area contributed by atoms with Crippen molar-refractivity contribution in [1.29, 1.82) is 0 Å². The normalized spacial score (nSPS) is 15.3. The minimum atomic E-state index is 0.362. The first-order chi connectivity index (χ1) is 9.78. The molecule has 0 bridgehead atoms. The van der Waals surface area contributed by atoms with Gasteiger partial charge in [-0.3, -0.25) is 0 Å². The van der Waals surface area contributed by atoms with Gasteiger partial charge in [0.2, 0.25) is 0 Å². The van der Waals surface area contributed by atoms with E-state index in [0.29, 0.717) is 6.04 Å². The lowest BCUT2D eigenvalue weighted by molar-refractivity contribution is 0.134. The van der Waals surface area contributed by atoms with Gasteiger partial charge in [-0.2, -0.15) is 0 Å². The Morgan fingerprint density at radius 2 is 2.15 bits per heavy atom. The van der Waals surface area contributed by atoms with Gasteiger partial charge in [0.05, 0.1) is 13.2 Å². The van der Waals surface area contributed by atoms with E-state index in [1.165, 1.54) is 26.0 Å². The summed E-state index contributed by atoms with van der Waals surface area (Å²) in [7, 11) is 0. The van der Waals surface area contributed by atoms with Crippen LogP contribution >= 0.6 is 27.3 Å². The van der Waals surface area contributed by atoms with Crippen molar-refractivity contribution in [3.8, 4) is 0 Å². The second-order valence-corrected chi connectivity index (χ2v) is 6.88. The molecule has 0 saturated carbocycles.